The van der Waals surface area contributed by atoms with Crippen LogP contribution in [-0.2, 0) is 6.54 Å². The Balaban J connectivity index is 1.47. The standard InChI is InChI=1S/C20H20N4O3/c1-13-22-19(21-11-14-6-7-17-18(8-14)27-12-26-17)10-20(23-13)24-15-4-3-5-16(9-15)25-2/h3-10H,11-12H2,1-2H3,(H2,21,22,23,24). The van der Waals surface area contributed by atoms with Crippen molar-refractivity contribution in [3.05, 3.63) is 59.9 Å². The third kappa shape index (κ3) is 4.03. The van der Waals surface area contributed by atoms with Crippen LogP contribution in [0.2, 0.25) is 0 Å². The summed E-state index contributed by atoms with van der Waals surface area (Å²) in [6.07, 6.45) is 0. The lowest BCUT2D eigenvalue weighted by atomic mass is 10.2. The first-order valence-corrected chi connectivity index (χ1v) is 8.59. The molecular formula is C20H20N4O3. The fraction of sp³-hybridized carbons (Fsp3) is 0.200. The fourth-order valence-electron chi connectivity index (χ4n) is 2.81. The summed E-state index contributed by atoms with van der Waals surface area (Å²) in [6, 6.07) is 15.5. The van der Waals surface area contributed by atoms with Gasteiger partial charge in [-0.2, -0.15) is 0 Å². The van der Waals surface area contributed by atoms with E-state index in [-0.39, 0.29) is 6.79 Å². The zero-order valence-electron chi connectivity index (χ0n) is 15.2. The molecule has 2 N–H and O–H groups in total. The number of ether oxygens (including phenoxy) is 3. The summed E-state index contributed by atoms with van der Waals surface area (Å²) in [7, 11) is 1.64. The van der Waals surface area contributed by atoms with Crippen LogP contribution in [0.25, 0.3) is 0 Å². The molecule has 0 unspecified atom stereocenters. The van der Waals surface area contributed by atoms with E-state index < -0.39 is 0 Å². The molecule has 0 fully saturated rings. The van der Waals surface area contributed by atoms with Gasteiger partial charge in [0, 0.05) is 24.4 Å². The SMILES string of the molecule is COc1cccc(Nc2cc(NCc3ccc4c(c3)OCO4)nc(C)n2)c1. The number of nitrogens with zero attached hydrogens (tertiary/aromatic N) is 2. The lowest BCUT2D eigenvalue weighted by molar-refractivity contribution is 0.174. The molecule has 7 nitrogen and oxygen atoms in total. The van der Waals surface area contributed by atoms with Crippen LogP contribution in [0.1, 0.15) is 11.4 Å². The molecule has 0 aliphatic carbocycles. The van der Waals surface area contributed by atoms with E-state index in [1.54, 1.807) is 7.11 Å². The number of rotatable bonds is 6. The second-order valence-corrected chi connectivity index (χ2v) is 6.08. The Morgan fingerprint density at radius 3 is 2.74 bits per heavy atom. The van der Waals surface area contributed by atoms with E-state index in [2.05, 4.69) is 20.6 Å². The Bertz CT molecular complexity index is 962. The summed E-state index contributed by atoms with van der Waals surface area (Å²) in [5.41, 5.74) is 1.98. The summed E-state index contributed by atoms with van der Waals surface area (Å²) in [5, 5.41) is 6.61. The highest BCUT2D eigenvalue weighted by Crippen LogP contribution is 2.32. The monoisotopic (exact) mass is 364 g/mol. The molecule has 1 aliphatic heterocycles. The largest absolute Gasteiger partial charge is 0.497 e. The first kappa shape index (κ1) is 17.0. The summed E-state index contributed by atoms with van der Waals surface area (Å²) >= 11 is 0. The van der Waals surface area contributed by atoms with Crippen LogP contribution in [0.3, 0.4) is 0 Å². The van der Waals surface area contributed by atoms with Crippen molar-refractivity contribution in [2.24, 2.45) is 0 Å². The molecule has 4 rings (SSSR count). The normalized spacial score (nSPS) is 11.9. The molecule has 0 saturated heterocycles. The maximum atomic E-state index is 5.42. The van der Waals surface area contributed by atoms with Gasteiger partial charge >= 0.3 is 0 Å². The quantitative estimate of drug-likeness (QED) is 0.687. The predicted molar refractivity (Wildman–Crippen MR) is 103 cm³/mol. The molecule has 0 amide bonds. The number of hydrogen-bond acceptors (Lipinski definition) is 7. The highest BCUT2D eigenvalue weighted by atomic mass is 16.7. The molecule has 0 radical (unpaired) electrons. The number of hydrogen-bond donors (Lipinski definition) is 2. The summed E-state index contributed by atoms with van der Waals surface area (Å²) in [5.74, 6) is 4.47. The topological polar surface area (TPSA) is 77.5 Å². The molecular weight excluding hydrogens is 344 g/mol. The molecule has 0 bridgehead atoms. The van der Waals surface area contributed by atoms with Gasteiger partial charge in [-0.1, -0.05) is 12.1 Å². The van der Waals surface area contributed by atoms with Crippen molar-refractivity contribution in [1.29, 1.82) is 0 Å². The fourth-order valence-corrected chi connectivity index (χ4v) is 2.81. The molecule has 2 heterocycles. The lowest BCUT2D eigenvalue weighted by Crippen LogP contribution is -2.05. The highest BCUT2D eigenvalue weighted by Gasteiger charge is 2.13. The number of aryl methyl sites for hydroxylation is 1. The molecule has 0 spiro atoms. The van der Waals surface area contributed by atoms with Crippen LogP contribution in [-0.4, -0.2) is 23.9 Å². The van der Waals surface area contributed by atoms with Crippen molar-refractivity contribution < 1.29 is 14.2 Å². The summed E-state index contributed by atoms with van der Waals surface area (Å²) in [6.45, 7) is 2.75. The molecule has 1 aliphatic rings. The zero-order chi connectivity index (χ0) is 18.6. The van der Waals surface area contributed by atoms with E-state index in [1.165, 1.54) is 0 Å². The first-order valence-electron chi connectivity index (χ1n) is 8.59. The minimum atomic E-state index is 0.274. The van der Waals surface area contributed by atoms with Crippen molar-refractivity contribution in [3.63, 3.8) is 0 Å². The second kappa shape index (κ2) is 7.41. The Morgan fingerprint density at radius 1 is 1.00 bits per heavy atom. The number of nitrogens with one attached hydrogen (secondary N) is 2. The number of benzene rings is 2. The summed E-state index contributed by atoms with van der Waals surface area (Å²) in [4.78, 5) is 8.90. The van der Waals surface area contributed by atoms with E-state index in [1.807, 2.05) is 55.5 Å². The van der Waals surface area contributed by atoms with Crippen molar-refractivity contribution >= 4 is 17.3 Å². The van der Waals surface area contributed by atoms with Crippen molar-refractivity contribution in [2.75, 3.05) is 24.5 Å². The van der Waals surface area contributed by atoms with Gasteiger partial charge in [0.15, 0.2) is 11.5 Å². The molecule has 1 aromatic heterocycles. The van der Waals surface area contributed by atoms with Crippen LogP contribution in [0, 0.1) is 6.92 Å². The van der Waals surface area contributed by atoms with Crippen LogP contribution in [0.15, 0.2) is 48.5 Å². The number of fused-ring (bicyclic) bond motifs is 1. The van der Waals surface area contributed by atoms with Gasteiger partial charge in [-0.15, -0.1) is 0 Å². The molecule has 27 heavy (non-hydrogen) atoms. The zero-order valence-corrected chi connectivity index (χ0v) is 15.2. The van der Waals surface area contributed by atoms with Gasteiger partial charge in [-0.05, 0) is 36.8 Å². The Hall–Kier alpha value is -3.48. The second-order valence-electron chi connectivity index (χ2n) is 6.08. The maximum absolute atomic E-state index is 5.42. The lowest BCUT2D eigenvalue weighted by Gasteiger charge is -2.11. The molecule has 2 aromatic carbocycles. The maximum Gasteiger partial charge on any atom is 0.231 e. The van der Waals surface area contributed by atoms with Crippen molar-refractivity contribution in [2.45, 2.75) is 13.5 Å². The average Bonchev–Trinajstić information content (AvgIpc) is 3.14. The van der Waals surface area contributed by atoms with Gasteiger partial charge in [-0.3, -0.25) is 0 Å². The third-order valence-corrected chi connectivity index (χ3v) is 4.09. The Labute approximate surface area is 157 Å². The number of methoxy groups -OCH3 is 1. The Morgan fingerprint density at radius 2 is 1.85 bits per heavy atom. The summed E-state index contributed by atoms with van der Waals surface area (Å²) < 4.78 is 16.0. The van der Waals surface area contributed by atoms with Gasteiger partial charge in [0.05, 0.1) is 7.11 Å². The molecule has 7 heteroatoms. The van der Waals surface area contributed by atoms with Crippen LogP contribution >= 0.6 is 0 Å². The third-order valence-electron chi connectivity index (χ3n) is 4.09. The molecule has 3 aromatic rings. The van der Waals surface area contributed by atoms with Gasteiger partial charge in [-0.25, -0.2) is 9.97 Å². The van der Waals surface area contributed by atoms with Crippen LogP contribution in [0.5, 0.6) is 17.2 Å². The van der Waals surface area contributed by atoms with Crippen LogP contribution in [0.4, 0.5) is 17.3 Å². The highest BCUT2D eigenvalue weighted by molar-refractivity contribution is 5.61. The smallest absolute Gasteiger partial charge is 0.231 e. The number of aromatic nitrogens is 2. The van der Waals surface area contributed by atoms with E-state index in [9.17, 15) is 0 Å². The predicted octanol–water partition coefficient (Wildman–Crippen LogP) is 3.88. The average molecular weight is 364 g/mol. The van der Waals surface area contributed by atoms with Gasteiger partial charge in [0.1, 0.15) is 23.2 Å². The van der Waals surface area contributed by atoms with Gasteiger partial charge < -0.3 is 24.8 Å². The minimum Gasteiger partial charge on any atom is -0.497 e. The van der Waals surface area contributed by atoms with E-state index in [0.717, 1.165) is 34.3 Å². The molecule has 0 atom stereocenters. The van der Waals surface area contributed by atoms with Crippen molar-refractivity contribution in [1.82, 2.24) is 9.97 Å². The van der Waals surface area contributed by atoms with E-state index in [4.69, 9.17) is 14.2 Å². The van der Waals surface area contributed by atoms with Gasteiger partial charge in [0.25, 0.3) is 0 Å². The van der Waals surface area contributed by atoms with E-state index >= 15 is 0 Å². The molecule has 138 valence electrons. The Kier molecular flexibility index (Phi) is 4.65. The van der Waals surface area contributed by atoms with Gasteiger partial charge in [0.2, 0.25) is 6.79 Å². The van der Waals surface area contributed by atoms with E-state index in [0.29, 0.717) is 18.2 Å². The van der Waals surface area contributed by atoms with Crippen molar-refractivity contribution in [3.8, 4) is 17.2 Å². The first-order chi connectivity index (χ1) is 13.2. The number of anilines is 3. The minimum absolute atomic E-state index is 0.274. The molecule has 0 saturated carbocycles. The van der Waals surface area contributed by atoms with Crippen LogP contribution < -0.4 is 24.8 Å².